The molecule has 6 heteroatoms. The van der Waals surface area contributed by atoms with Gasteiger partial charge in [-0.1, -0.05) is 12.1 Å². The van der Waals surface area contributed by atoms with Crippen molar-refractivity contribution in [3.8, 4) is 11.8 Å². The lowest BCUT2D eigenvalue weighted by molar-refractivity contribution is -0.274. The van der Waals surface area contributed by atoms with Gasteiger partial charge in [-0.2, -0.15) is 5.26 Å². The van der Waals surface area contributed by atoms with Crippen molar-refractivity contribution >= 4 is 0 Å². The maximum atomic E-state index is 11.8. The first-order chi connectivity index (χ1) is 6.92. The van der Waals surface area contributed by atoms with Gasteiger partial charge in [-0.05, 0) is 17.7 Å². The number of hydrogen-bond acceptors (Lipinski definition) is 3. The van der Waals surface area contributed by atoms with Gasteiger partial charge in [0.1, 0.15) is 11.8 Å². The van der Waals surface area contributed by atoms with Gasteiger partial charge in [-0.15, -0.1) is 13.2 Å². The predicted molar refractivity (Wildman–Crippen MR) is 45.7 cm³/mol. The Labute approximate surface area is 83.9 Å². The van der Waals surface area contributed by atoms with E-state index >= 15 is 0 Å². The first kappa shape index (κ1) is 11.3. The highest BCUT2D eigenvalue weighted by Crippen LogP contribution is 2.23. The summed E-state index contributed by atoms with van der Waals surface area (Å²) in [7, 11) is 0. The summed E-state index contributed by atoms with van der Waals surface area (Å²) in [6.07, 6.45) is -4.71. The SMILES string of the molecule is N#C[C@H](N)c1ccc(OC(F)(F)F)cc1. The van der Waals surface area contributed by atoms with Crippen LogP contribution >= 0.6 is 0 Å². The van der Waals surface area contributed by atoms with E-state index in [9.17, 15) is 13.2 Å². The third-order valence-corrected chi connectivity index (χ3v) is 1.61. The van der Waals surface area contributed by atoms with Crippen molar-refractivity contribution in [3.63, 3.8) is 0 Å². The molecule has 0 saturated heterocycles. The molecule has 0 aliphatic rings. The van der Waals surface area contributed by atoms with Crippen molar-refractivity contribution in [2.24, 2.45) is 5.73 Å². The Bertz CT molecular complexity index is 366. The van der Waals surface area contributed by atoms with E-state index in [-0.39, 0.29) is 5.75 Å². The second kappa shape index (κ2) is 4.19. The van der Waals surface area contributed by atoms with Gasteiger partial charge < -0.3 is 10.5 Å². The summed E-state index contributed by atoms with van der Waals surface area (Å²) < 4.78 is 38.9. The first-order valence-electron chi connectivity index (χ1n) is 3.93. The molecule has 0 bridgehead atoms. The standard InChI is InChI=1S/C9H7F3N2O/c10-9(11,12)15-7-3-1-6(2-4-7)8(14)5-13/h1-4,8H,14H2/t8-/m0/s1. The molecule has 3 nitrogen and oxygen atoms in total. The van der Waals surface area contributed by atoms with Crippen LogP contribution in [0.3, 0.4) is 0 Å². The van der Waals surface area contributed by atoms with Crippen LogP contribution in [0.2, 0.25) is 0 Å². The molecule has 0 aliphatic heterocycles. The Morgan fingerprint density at radius 3 is 2.20 bits per heavy atom. The van der Waals surface area contributed by atoms with Crippen molar-refractivity contribution in [2.75, 3.05) is 0 Å². The van der Waals surface area contributed by atoms with E-state index in [1.165, 1.54) is 12.1 Å². The fourth-order valence-electron chi connectivity index (χ4n) is 0.951. The molecule has 1 atom stereocenters. The van der Waals surface area contributed by atoms with E-state index < -0.39 is 12.4 Å². The molecular formula is C9H7F3N2O. The quantitative estimate of drug-likeness (QED) is 0.823. The fourth-order valence-corrected chi connectivity index (χ4v) is 0.951. The minimum atomic E-state index is -4.71. The lowest BCUT2D eigenvalue weighted by Gasteiger charge is -2.09. The highest BCUT2D eigenvalue weighted by Gasteiger charge is 2.30. The smallest absolute Gasteiger partial charge is 0.406 e. The predicted octanol–water partition coefficient (Wildman–Crippen LogP) is 2.11. The van der Waals surface area contributed by atoms with Crippen molar-refractivity contribution in [3.05, 3.63) is 29.8 Å². The highest BCUT2D eigenvalue weighted by molar-refractivity contribution is 5.31. The van der Waals surface area contributed by atoms with Crippen LogP contribution in [0.1, 0.15) is 11.6 Å². The molecule has 80 valence electrons. The van der Waals surface area contributed by atoms with E-state index in [1.54, 1.807) is 6.07 Å². The molecule has 0 aromatic heterocycles. The van der Waals surface area contributed by atoms with Crippen molar-refractivity contribution in [1.29, 1.82) is 5.26 Å². The Morgan fingerprint density at radius 1 is 1.27 bits per heavy atom. The van der Waals surface area contributed by atoms with E-state index in [0.717, 1.165) is 12.1 Å². The zero-order chi connectivity index (χ0) is 11.5. The van der Waals surface area contributed by atoms with Crippen LogP contribution in [-0.2, 0) is 0 Å². The van der Waals surface area contributed by atoms with Gasteiger partial charge in [0.25, 0.3) is 0 Å². The summed E-state index contributed by atoms with van der Waals surface area (Å²) in [5.41, 5.74) is 5.78. The van der Waals surface area contributed by atoms with Crippen LogP contribution in [-0.4, -0.2) is 6.36 Å². The summed E-state index contributed by atoms with van der Waals surface area (Å²) in [6, 6.07) is 5.77. The van der Waals surface area contributed by atoms with Gasteiger partial charge in [0.05, 0.1) is 6.07 Å². The summed E-state index contributed by atoms with van der Waals surface area (Å²) in [4.78, 5) is 0. The van der Waals surface area contributed by atoms with Gasteiger partial charge in [-0.25, -0.2) is 0 Å². The third kappa shape index (κ3) is 3.48. The van der Waals surface area contributed by atoms with Crippen LogP contribution in [0.4, 0.5) is 13.2 Å². The number of ether oxygens (including phenoxy) is 1. The number of nitrogens with zero attached hydrogens (tertiary/aromatic N) is 1. The largest absolute Gasteiger partial charge is 0.573 e. The van der Waals surface area contributed by atoms with Crippen LogP contribution < -0.4 is 10.5 Å². The first-order valence-corrected chi connectivity index (χ1v) is 3.93. The zero-order valence-corrected chi connectivity index (χ0v) is 7.45. The molecule has 1 aromatic rings. The van der Waals surface area contributed by atoms with Crippen molar-refractivity contribution in [1.82, 2.24) is 0 Å². The summed E-state index contributed by atoms with van der Waals surface area (Å²) in [6.45, 7) is 0. The van der Waals surface area contributed by atoms with E-state index in [0.29, 0.717) is 5.56 Å². The molecule has 0 radical (unpaired) electrons. The van der Waals surface area contributed by atoms with Crippen LogP contribution in [0, 0.1) is 11.3 Å². The molecular weight excluding hydrogens is 209 g/mol. The average molecular weight is 216 g/mol. The van der Waals surface area contributed by atoms with Gasteiger partial charge >= 0.3 is 6.36 Å². The molecule has 1 rings (SSSR count). The normalized spacial score (nSPS) is 13.0. The lowest BCUT2D eigenvalue weighted by atomic mass is 10.1. The second-order valence-electron chi connectivity index (χ2n) is 2.72. The van der Waals surface area contributed by atoms with Gasteiger partial charge in [-0.3, -0.25) is 0 Å². The molecule has 2 N–H and O–H groups in total. The van der Waals surface area contributed by atoms with Crippen LogP contribution in [0.5, 0.6) is 5.75 Å². The van der Waals surface area contributed by atoms with Crippen LogP contribution in [0.15, 0.2) is 24.3 Å². The fraction of sp³-hybridized carbons (Fsp3) is 0.222. The van der Waals surface area contributed by atoms with Crippen molar-refractivity contribution in [2.45, 2.75) is 12.4 Å². The summed E-state index contributed by atoms with van der Waals surface area (Å²) >= 11 is 0. The molecule has 1 aromatic carbocycles. The topological polar surface area (TPSA) is 59.0 Å². The number of halogens is 3. The maximum Gasteiger partial charge on any atom is 0.573 e. The van der Waals surface area contributed by atoms with E-state index in [1.807, 2.05) is 0 Å². The zero-order valence-electron chi connectivity index (χ0n) is 7.45. The van der Waals surface area contributed by atoms with Crippen molar-refractivity contribution < 1.29 is 17.9 Å². The number of hydrogen-bond donors (Lipinski definition) is 1. The van der Waals surface area contributed by atoms with Gasteiger partial charge in [0.2, 0.25) is 0 Å². The number of benzene rings is 1. The molecule has 0 heterocycles. The Kier molecular flexibility index (Phi) is 3.17. The summed E-state index contributed by atoms with van der Waals surface area (Å²) in [5, 5.41) is 8.46. The van der Waals surface area contributed by atoms with Gasteiger partial charge in [0, 0.05) is 0 Å². The third-order valence-electron chi connectivity index (χ3n) is 1.61. The average Bonchev–Trinajstić information content (AvgIpc) is 2.15. The van der Waals surface area contributed by atoms with E-state index in [2.05, 4.69) is 4.74 Å². The molecule has 0 aliphatic carbocycles. The molecule has 0 saturated carbocycles. The number of nitrogens with two attached hydrogens (primary N) is 1. The second-order valence-corrected chi connectivity index (χ2v) is 2.72. The Balaban J connectivity index is 2.78. The Hall–Kier alpha value is -1.74. The lowest BCUT2D eigenvalue weighted by Crippen LogP contribution is -2.17. The number of alkyl halides is 3. The summed E-state index contributed by atoms with van der Waals surface area (Å²) in [5.74, 6) is -0.337. The molecule has 0 spiro atoms. The minimum Gasteiger partial charge on any atom is -0.406 e. The monoisotopic (exact) mass is 216 g/mol. The van der Waals surface area contributed by atoms with Crippen LogP contribution in [0.25, 0.3) is 0 Å². The molecule has 15 heavy (non-hydrogen) atoms. The Morgan fingerprint density at radius 2 is 1.80 bits per heavy atom. The molecule has 0 unspecified atom stereocenters. The van der Waals surface area contributed by atoms with Gasteiger partial charge in [0.15, 0.2) is 0 Å². The number of nitriles is 1. The number of rotatable bonds is 2. The molecule has 0 amide bonds. The molecule has 0 fully saturated rings. The maximum absolute atomic E-state index is 11.8. The highest BCUT2D eigenvalue weighted by atomic mass is 19.4. The van der Waals surface area contributed by atoms with E-state index in [4.69, 9.17) is 11.0 Å². The minimum absolute atomic E-state index is 0.337.